The predicted octanol–water partition coefficient (Wildman–Crippen LogP) is 4.79. The Morgan fingerprint density at radius 1 is 1.03 bits per heavy atom. The summed E-state index contributed by atoms with van der Waals surface area (Å²) in [5, 5.41) is 3.60. The Morgan fingerprint density at radius 2 is 1.66 bits per heavy atom. The van der Waals surface area contributed by atoms with Crippen LogP contribution < -0.4 is 9.62 Å². The van der Waals surface area contributed by atoms with Crippen LogP contribution in [0.3, 0.4) is 0 Å². The molecule has 0 aromatic heterocycles. The third-order valence-electron chi connectivity index (χ3n) is 5.66. The number of nitrogens with zero attached hydrogens (tertiary/aromatic N) is 2. The highest BCUT2D eigenvalue weighted by Crippen LogP contribution is 2.28. The molecule has 0 saturated carbocycles. The summed E-state index contributed by atoms with van der Waals surface area (Å²) < 4.78 is 26.3. The number of anilines is 1. The number of carbonyl (C=O) groups excluding carboxylic acids is 2. The van der Waals surface area contributed by atoms with Gasteiger partial charge in [0.15, 0.2) is 0 Å². The van der Waals surface area contributed by atoms with Gasteiger partial charge in [0.1, 0.15) is 6.04 Å². The van der Waals surface area contributed by atoms with E-state index < -0.39 is 16.1 Å². The van der Waals surface area contributed by atoms with Gasteiger partial charge in [0, 0.05) is 41.7 Å². The largest absolute Gasteiger partial charge is 0.355 e. The van der Waals surface area contributed by atoms with Gasteiger partial charge in [-0.15, -0.1) is 0 Å². The Morgan fingerprint density at radius 3 is 2.20 bits per heavy atom. The summed E-state index contributed by atoms with van der Waals surface area (Å²) in [5.41, 5.74) is 1.96. The summed E-state index contributed by atoms with van der Waals surface area (Å²) in [6.07, 6.45) is 1.88. The number of aryl methyl sites for hydroxylation is 1. The molecule has 0 heterocycles. The van der Waals surface area contributed by atoms with Gasteiger partial charge in [-0.3, -0.25) is 13.9 Å². The van der Waals surface area contributed by atoms with Crippen LogP contribution in [0, 0.1) is 6.92 Å². The SMILES string of the molecule is CCNC(=O)[C@H](CC)N(Cc1c(Cl)cccc1Cl)C(=O)CCCN(c1ccccc1C)S(C)(=O)=O. The van der Waals surface area contributed by atoms with E-state index in [0.717, 1.165) is 11.8 Å². The molecule has 2 aromatic carbocycles. The molecule has 192 valence electrons. The first-order chi connectivity index (χ1) is 16.5. The maximum Gasteiger partial charge on any atom is 0.242 e. The minimum Gasteiger partial charge on any atom is -0.355 e. The Kier molecular flexibility index (Phi) is 10.9. The fourth-order valence-corrected chi connectivity index (χ4v) is 5.43. The number of sulfonamides is 1. The van der Waals surface area contributed by atoms with Crippen molar-refractivity contribution < 1.29 is 18.0 Å². The van der Waals surface area contributed by atoms with Gasteiger partial charge in [-0.2, -0.15) is 0 Å². The van der Waals surface area contributed by atoms with Crippen molar-refractivity contribution in [2.75, 3.05) is 23.7 Å². The van der Waals surface area contributed by atoms with Gasteiger partial charge >= 0.3 is 0 Å². The van der Waals surface area contributed by atoms with Gasteiger partial charge in [0.05, 0.1) is 11.9 Å². The van der Waals surface area contributed by atoms with Gasteiger partial charge in [0.25, 0.3) is 0 Å². The summed E-state index contributed by atoms with van der Waals surface area (Å²) in [4.78, 5) is 27.6. The molecule has 35 heavy (non-hydrogen) atoms. The number of benzene rings is 2. The van der Waals surface area contributed by atoms with Gasteiger partial charge in [0.2, 0.25) is 21.8 Å². The van der Waals surface area contributed by atoms with Crippen LogP contribution >= 0.6 is 23.2 Å². The summed E-state index contributed by atoms with van der Waals surface area (Å²) in [5.74, 6) is -0.540. The normalized spacial score (nSPS) is 12.2. The summed E-state index contributed by atoms with van der Waals surface area (Å²) >= 11 is 12.7. The molecule has 10 heteroatoms. The molecule has 0 unspecified atom stereocenters. The van der Waals surface area contributed by atoms with E-state index in [2.05, 4.69) is 5.32 Å². The van der Waals surface area contributed by atoms with E-state index in [-0.39, 0.29) is 37.7 Å². The van der Waals surface area contributed by atoms with Crippen LogP contribution in [0.5, 0.6) is 0 Å². The molecule has 1 N–H and O–H groups in total. The summed E-state index contributed by atoms with van der Waals surface area (Å²) in [7, 11) is -3.55. The zero-order chi connectivity index (χ0) is 26.2. The smallest absolute Gasteiger partial charge is 0.242 e. The molecule has 0 aliphatic carbocycles. The van der Waals surface area contributed by atoms with Crippen LogP contribution in [-0.4, -0.2) is 50.5 Å². The maximum absolute atomic E-state index is 13.4. The molecule has 0 spiro atoms. The maximum atomic E-state index is 13.4. The Hall–Kier alpha value is -2.29. The Balaban J connectivity index is 2.27. The highest BCUT2D eigenvalue weighted by molar-refractivity contribution is 7.92. The Labute approximate surface area is 218 Å². The van der Waals surface area contributed by atoms with Crippen LogP contribution in [-0.2, 0) is 26.2 Å². The van der Waals surface area contributed by atoms with Crippen LogP contribution in [0.1, 0.15) is 44.2 Å². The first-order valence-electron chi connectivity index (χ1n) is 11.5. The van der Waals surface area contributed by atoms with E-state index >= 15 is 0 Å². The molecule has 1 atom stereocenters. The van der Waals surface area contributed by atoms with Gasteiger partial charge in [-0.25, -0.2) is 8.42 Å². The predicted molar refractivity (Wildman–Crippen MR) is 142 cm³/mol. The lowest BCUT2D eigenvalue weighted by atomic mass is 10.1. The van der Waals surface area contributed by atoms with Crippen molar-refractivity contribution in [3.63, 3.8) is 0 Å². The van der Waals surface area contributed by atoms with Crippen molar-refractivity contribution in [3.05, 3.63) is 63.6 Å². The molecule has 0 aliphatic rings. The standard InChI is InChI=1S/C25H33Cl2N3O4S/c1-5-22(25(32)28-6-2)29(17-19-20(26)12-9-13-21(19)27)24(31)15-10-16-30(35(4,33)34)23-14-8-7-11-18(23)3/h7-9,11-14,22H,5-6,10,15-17H2,1-4H3,(H,28,32)/t22-/m0/s1. The molecule has 0 bridgehead atoms. The van der Waals surface area contributed by atoms with E-state index in [4.69, 9.17) is 23.2 Å². The molecule has 7 nitrogen and oxygen atoms in total. The number of likely N-dealkylation sites (N-methyl/N-ethyl adjacent to an activating group) is 1. The van der Waals surface area contributed by atoms with Crippen LogP contribution in [0.2, 0.25) is 10.0 Å². The number of hydrogen-bond donors (Lipinski definition) is 1. The molecule has 2 rings (SSSR count). The summed E-state index contributed by atoms with van der Waals surface area (Å²) in [6, 6.07) is 11.6. The zero-order valence-corrected chi connectivity index (χ0v) is 22.9. The topological polar surface area (TPSA) is 86.8 Å². The first kappa shape index (κ1) is 28.9. The second-order valence-corrected chi connectivity index (χ2v) is 11.0. The second kappa shape index (κ2) is 13.1. The number of halogens is 2. The minimum atomic E-state index is -3.55. The number of nitrogens with one attached hydrogen (secondary N) is 1. The van der Waals surface area contributed by atoms with Crippen molar-refractivity contribution in [1.82, 2.24) is 10.2 Å². The van der Waals surface area contributed by atoms with Crippen LogP contribution in [0.4, 0.5) is 5.69 Å². The summed E-state index contributed by atoms with van der Waals surface area (Å²) in [6.45, 7) is 6.12. The Bertz CT molecular complexity index is 1120. The lowest BCUT2D eigenvalue weighted by Gasteiger charge is -2.31. The molecule has 0 saturated heterocycles. The average molecular weight is 543 g/mol. The number of amides is 2. The number of hydrogen-bond acceptors (Lipinski definition) is 4. The monoisotopic (exact) mass is 541 g/mol. The highest BCUT2D eigenvalue weighted by atomic mass is 35.5. The van der Waals surface area contributed by atoms with Gasteiger partial charge in [-0.05, 0) is 50.5 Å². The molecule has 0 fully saturated rings. The van der Waals surface area contributed by atoms with Crippen molar-refractivity contribution in [1.29, 1.82) is 0 Å². The lowest BCUT2D eigenvalue weighted by molar-refractivity contribution is -0.141. The average Bonchev–Trinajstić information content (AvgIpc) is 2.78. The van der Waals surface area contributed by atoms with E-state index in [1.165, 1.54) is 9.21 Å². The van der Waals surface area contributed by atoms with E-state index in [1.54, 1.807) is 30.3 Å². The van der Waals surface area contributed by atoms with E-state index in [0.29, 0.717) is 34.3 Å². The molecule has 2 amide bonds. The fourth-order valence-electron chi connectivity index (χ4n) is 3.89. The zero-order valence-electron chi connectivity index (χ0n) is 20.6. The van der Waals surface area contributed by atoms with Crippen LogP contribution in [0.15, 0.2) is 42.5 Å². The highest BCUT2D eigenvalue weighted by Gasteiger charge is 2.29. The van der Waals surface area contributed by atoms with Gasteiger partial charge in [-0.1, -0.05) is 54.4 Å². The molecule has 2 aromatic rings. The van der Waals surface area contributed by atoms with Crippen molar-refractivity contribution in [2.45, 2.75) is 52.6 Å². The third-order valence-corrected chi connectivity index (χ3v) is 7.55. The van der Waals surface area contributed by atoms with Crippen molar-refractivity contribution in [3.8, 4) is 0 Å². The van der Waals surface area contributed by atoms with Crippen molar-refractivity contribution >= 4 is 50.7 Å². The van der Waals surface area contributed by atoms with E-state index in [9.17, 15) is 18.0 Å². The number of carbonyl (C=O) groups is 2. The third kappa shape index (κ3) is 7.85. The van der Waals surface area contributed by atoms with Crippen molar-refractivity contribution in [2.24, 2.45) is 0 Å². The second-order valence-electron chi connectivity index (χ2n) is 8.27. The first-order valence-corrected chi connectivity index (χ1v) is 14.1. The molecular weight excluding hydrogens is 509 g/mol. The van der Waals surface area contributed by atoms with E-state index in [1.807, 2.05) is 32.9 Å². The number of para-hydroxylation sites is 1. The molecule has 0 aliphatic heterocycles. The fraction of sp³-hybridized carbons (Fsp3) is 0.440. The minimum absolute atomic E-state index is 0.0515. The molecule has 0 radical (unpaired) electrons. The molecular formula is C25H33Cl2N3O4S. The van der Waals surface area contributed by atoms with Gasteiger partial charge < -0.3 is 10.2 Å². The lowest BCUT2D eigenvalue weighted by Crippen LogP contribution is -2.49. The van der Waals surface area contributed by atoms with Crippen LogP contribution in [0.25, 0.3) is 0 Å². The quantitative estimate of drug-likeness (QED) is 0.418. The number of rotatable bonds is 12.